The molecular formula is C19H17N5O2S. The molecule has 1 amide bonds. The summed E-state index contributed by atoms with van der Waals surface area (Å²) in [5, 5.41) is 12.5. The Morgan fingerprint density at radius 2 is 2.04 bits per heavy atom. The Balaban J connectivity index is 1.41. The summed E-state index contributed by atoms with van der Waals surface area (Å²) in [5.74, 6) is 0.0218. The summed E-state index contributed by atoms with van der Waals surface area (Å²) in [7, 11) is 0. The molecule has 1 atom stereocenters. The van der Waals surface area contributed by atoms with Crippen molar-refractivity contribution in [1.29, 1.82) is 0 Å². The second-order valence-electron chi connectivity index (χ2n) is 6.19. The summed E-state index contributed by atoms with van der Waals surface area (Å²) in [6, 6.07) is 14.1. The topological polar surface area (TPSA) is 104 Å². The SMILES string of the molecule is CC(NC(=O)CSc1nc2[nH]ncc2c(=O)[nH]1)c1ccc2ccccc2c1. The zero-order valence-electron chi connectivity index (χ0n) is 14.5. The van der Waals surface area contributed by atoms with Crippen molar-refractivity contribution in [2.45, 2.75) is 18.1 Å². The molecule has 0 saturated heterocycles. The second kappa shape index (κ2) is 7.24. The predicted octanol–water partition coefficient (Wildman–Crippen LogP) is 2.77. The first-order chi connectivity index (χ1) is 13.1. The van der Waals surface area contributed by atoms with Crippen molar-refractivity contribution in [2.24, 2.45) is 0 Å². The lowest BCUT2D eigenvalue weighted by molar-refractivity contribution is -0.119. The average molecular weight is 379 g/mol. The molecule has 0 aliphatic rings. The lowest BCUT2D eigenvalue weighted by atomic mass is 10.0. The number of rotatable bonds is 5. The van der Waals surface area contributed by atoms with E-state index in [1.165, 1.54) is 23.3 Å². The van der Waals surface area contributed by atoms with Crippen LogP contribution in [0.25, 0.3) is 21.8 Å². The summed E-state index contributed by atoms with van der Waals surface area (Å²) in [5.41, 5.74) is 1.17. The largest absolute Gasteiger partial charge is 0.349 e. The third-order valence-corrected chi connectivity index (χ3v) is 5.16. The van der Waals surface area contributed by atoms with Gasteiger partial charge in [0.15, 0.2) is 10.8 Å². The van der Waals surface area contributed by atoms with Crippen LogP contribution in [0.15, 0.2) is 58.6 Å². The molecule has 4 rings (SSSR count). The minimum absolute atomic E-state index is 0.121. The number of nitrogens with zero attached hydrogens (tertiary/aromatic N) is 2. The molecule has 3 N–H and O–H groups in total. The van der Waals surface area contributed by atoms with E-state index >= 15 is 0 Å². The summed E-state index contributed by atoms with van der Waals surface area (Å²) < 4.78 is 0. The number of thioether (sulfide) groups is 1. The van der Waals surface area contributed by atoms with E-state index < -0.39 is 0 Å². The van der Waals surface area contributed by atoms with Gasteiger partial charge in [0.25, 0.3) is 5.56 Å². The molecule has 0 radical (unpaired) electrons. The first-order valence-electron chi connectivity index (χ1n) is 8.44. The third-order valence-electron chi connectivity index (χ3n) is 4.29. The fourth-order valence-corrected chi connectivity index (χ4v) is 3.54. The number of benzene rings is 2. The molecule has 0 aliphatic carbocycles. The van der Waals surface area contributed by atoms with Crippen molar-refractivity contribution in [3.63, 3.8) is 0 Å². The third kappa shape index (κ3) is 3.70. The minimum atomic E-state index is -0.277. The van der Waals surface area contributed by atoms with Crippen LogP contribution in [0.5, 0.6) is 0 Å². The van der Waals surface area contributed by atoms with Gasteiger partial charge in [-0.2, -0.15) is 5.10 Å². The number of nitrogens with one attached hydrogen (secondary N) is 3. The number of aromatic nitrogens is 4. The highest BCUT2D eigenvalue weighted by atomic mass is 32.2. The summed E-state index contributed by atoms with van der Waals surface area (Å²) in [6.45, 7) is 1.95. The maximum Gasteiger partial charge on any atom is 0.262 e. The van der Waals surface area contributed by atoms with E-state index in [1.54, 1.807) is 0 Å². The molecule has 4 aromatic rings. The number of hydrogen-bond acceptors (Lipinski definition) is 5. The molecule has 0 saturated carbocycles. The molecule has 8 heteroatoms. The van der Waals surface area contributed by atoms with E-state index in [2.05, 4.69) is 49.7 Å². The molecule has 2 aromatic carbocycles. The Labute approximate surface area is 158 Å². The van der Waals surface area contributed by atoms with Crippen molar-refractivity contribution in [3.05, 3.63) is 64.6 Å². The van der Waals surface area contributed by atoms with Crippen molar-refractivity contribution < 1.29 is 4.79 Å². The van der Waals surface area contributed by atoms with Gasteiger partial charge < -0.3 is 10.3 Å². The number of aromatic amines is 2. The van der Waals surface area contributed by atoms with Crippen molar-refractivity contribution >= 4 is 39.5 Å². The van der Waals surface area contributed by atoms with Crippen LogP contribution in [0.4, 0.5) is 0 Å². The number of carbonyl (C=O) groups is 1. The molecule has 0 fully saturated rings. The summed E-state index contributed by atoms with van der Waals surface area (Å²) in [6.07, 6.45) is 1.42. The standard InChI is InChI=1S/C19H17N5O2S/c1-11(13-7-6-12-4-2-3-5-14(12)8-13)21-16(25)10-27-19-22-17-15(9-20-24-17)18(26)23-19/h2-9,11H,10H2,1H3,(H,21,25)(H2,20,22,23,24,26). The van der Waals surface area contributed by atoms with Crippen LogP contribution in [-0.2, 0) is 4.79 Å². The van der Waals surface area contributed by atoms with Crippen LogP contribution in [0.1, 0.15) is 18.5 Å². The van der Waals surface area contributed by atoms with Gasteiger partial charge in [0.2, 0.25) is 5.91 Å². The predicted molar refractivity (Wildman–Crippen MR) is 106 cm³/mol. The van der Waals surface area contributed by atoms with Gasteiger partial charge in [-0.1, -0.05) is 48.2 Å². The molecule has 2 heterocycles. The zero-order chi connectivity index (χ0) is 18.8. The minimum Gasteiger partial charge on any atom is -0.349 e. The first kappa shape index (κ1) is 17.3. The number of hydrogen-bond donors (Lipinski definition) is 3. The van der Waals surface area contributed by atoms with Gasteiger partial charge in [0.1, 0.15) is 5.39 Å². The maximum atomic E-state index is 12.3. The normalized spacial score (nSPS) is 12.3. The van der Waals surface area contributed by atoms with Gasteiger partial charge in [-0.15, -0.1) is 0 Å². The number of H-pyrrole nitrogens is 2. The quantitative estimate of drug-likeness (QED) is 0.365. The van der Waals surface area contributed by atoms with Crippen LogP contribution in [-0.4, -0.2) is 31.8 Å². The van der Waals surface area contributed by atoms with Crippen LogP contribution < -0.4 is 10.9 Å². The molecule has 27 heavy (non-hydrogen) atoms. The van der Waals surface area contributed by atoms with Gasteiger partial charge in [0, 0.05) is 0 Å². The van der Waals surface area contributed by atoms with Crippen molar-refractivity contribution in [2.75, 3.05) is 5.75 Å². The first-order valence-corrected chi connectivity index (χ1v) is 9.43. The molecular weight excluding hydrogens is 362 g/mol. The second-order valence-corrected chi connectivity index (χ2v) is 7.15. The fraction of sp³-hybridized carbons (Fsp3) is 0.158. The smallest absolute Gasteiger partial charge is 0.262 e. The maximum absolute atomic E-state index is 12.3. The summed E-state index contributed by atoms with van der Waals surface area (Å²) >= 11 is 1.17. The van der Waals surface area contributed by atoms with Gasteiger partial charge in [-0.3, -0.25) is 14.7 Å². The van der Waals surface area contributed by atoms with Crippen molar-refractivity contribution in [1.82, 2.24) is 25.5 Å². The van der Waals surface area contributed by atoms with Gasteiger partial charge in [0.05, 0.1) is 18.0 Å². The Kier molecular flexibility index (Phi) is 4.64. The Hall–Kier alpha value is -3.13. The van der Waals surface area contributed by atoms with Crippen LogP contribution >= 0.6 is 11.8 Å². The molecule has 1 unspecified atom stereocenters. The van der Waals surface area contributed by atoms with E-state index in [9.17, 15) is 9.59 Å². The Bertz CT molecular complexity index is 1180. The molecule has 0 spiro atoms. The Morgan fingerprint density at radius 3 is 2.89 bits per heavy atom. The average Bonchev–Trinajstić information content (AvgIpc) is 3.15. The zero-order valence-corrected chi connectivity index (χ0v) is 15.3. The van der Waals surface area contributed by atoms with E-state index in [0.717, 1.165) is 10.9 Å². The van der Waals surface area contributed by atoms with Crippen LogP contribution in [0.3, 0.4) is 0 Å². The summed E-state index contributed by atoms with van der Waals surface area (Å²) in [4.78, 5) is 31.1. The Morgan fingerprint density at radius 1 is 1.22 bits per heavy atom. The fourth-order valence-electron chi connectivity index (χ4n) is 2.87. The molecule has 0 bridgehead atoms. The van der Waals surface area contributed by atoms with E-state index in [1.807, 2.05) is 25.1 Å². The van der Waals surface area contributed by atoms with Crippen LogP contribution in [0.2, 0.25) is 0 Å². The number of carbonyl (C=O) groups excluding carboxylic acids is 1. The lowest BCUT2D eigenvalue weighted by Gasteiger charge is -2.15. The lowest BCUT2D eigenvalue weighted by Crippen LogP contribution is -2.28. The van der Waals surface area contributed by atoms with E-state index in [4.69, 9.17) is 0 Å². The van der Waals surface area contributed by atoms with E-state index in [0.29, 0.717) is 16.2 Å². The molecule has 7 nitrogen and oxygen atoms in total. The monoisotopic (exact) mass is 379 g/mol. The van der Waals surface area contributed by atoms with Gasteiger partial charge in [-0.25, -0.2) is 4.98 Å². The molecule has 136 valence electrons. The van der Waals surface area contributed by atoms with Crippen molar-refractivity contribution in [3.8, 4) is 0 Å². The van der Waals surface area contributed by atoms with Gasteiger partial charge in [-0.05, 0) is 29.3 Å². The number of amides is 1. The van der Waals surface area contributed by atoms with Crippen LogP contribution in [0, 0.1) is 0 Å². The van der Waals surface area contributed by atoms with Gasteiger partial charge >= 0.3 is 0 Å². The number of fused-ring (bicyclic) bond motifs is 2. The molecule has 0 aliphatic heterocycles. The molecule has 2 aromatic heterocycles. The van der Waals surface area contributed by atoms with E-state index in [-0.39, 0.29) is 23.3 Å². The highest BCUT2D eigenvalue weighted by molar-refractivity contribution is 7.99. The highest BCUT2D eigenvalue weighted by Crippen LogP contribution is 2.20. The highest BCUT2D eigenvalue weighted by Gasteiger charge is 2.12.